The van der Waals surface area contributed by atoms with E-state index in [0.29, 0.717) is 17.5 Å². The molecule has 6 aromatic rings. The molecule has 4 heteroatoms. The van der Waals surface area contributed by atoms with Gasteiger partial charge in [0, 0.05) is 31.9 Å². The zero-order chi connectivity index (χ0) is 28.6. The molecule has 0 N–H and O–H groups in total. The number of rotatable bonds is 4. The van der Waals surface area contributed by atoms with E-state index < -0.39 is 0 Å². The summed E-state index contributed by atoms with van der Waals surface area (Å²) < 4.78 is 0. The van der Waals surface area contributed by atoms with Crippen LogP contribution in [0.1, 0.15) is 43.2 Å². The zero-order valence-electron chi connectivity index (χ0n) is 23.9. The van der Waals surface area contributed by atoms with Crippen LogP contribution in [0.25, 0.3) is 45.3 Å². The quantitative estimate of drug-likeness (QED) is 0.210. The third-order valence-electron chi connectivity index (χ3n) is 8.98. The summed E-state index contributed by atoms with van der Waals surface area (Å²) in [4.78, 5) is 17.6. The molecule has 0 amide bonds. The highest BCUT2D eigenvalue weighted by molar-refractivity contribution is 7.99. The summed E-state index contributed by atoms with van der Waals surface area (Å²) in [6.45, 7) is 0. The third kappa shape index (κ3) is 4.76. The molecule has 3 nitrogen and oxygen atoms in total. The summed E-state index contributed by atoms with van der Waals surface area (Å²) >= 11 is 1.93. The molecule has 5 aromatic carbocycles. The van der Waals surface area contributed by atoms with E-state index in [-0.39, 0.29) is 5.41 Å². The minimum atomic E-state index is 0.104. The molecular weight excluding hydrogens is 543 g/mol. The second kappa shape index (κ2) is 10.9. The maximum Gasteiger partial charge on any atom is 0.164 e. The molecule has 1 spiro atoms. The van der Waals surface area contributed by atoms with Gasteiger partial charge >= 0.3 is 0 Å². The summed E-state index contributed by atoms with van der Waals surface area (Å²) in [5.41, 5.74) is 8.48. The van der Waals surface area contributed by atoms with E-state index in [0.717, 1.165) is 16.7 Å². The van der Waals surface area contributed by atoms with Crippen molar-refractivity contribution in [1.82, 2.24) is 15.0 Å². The monoisotopic (exact) mass is 573 g/mol. The predicted molar refractivity (Wildman–Crippen MR) is 176 cm³/mol. The van der Waals surface area contributed by atoms with E-state index >= 15 is 0 Å². The average Bonchev–Trinajstić information content (AvgIpc) is 3.09. The number of aromatic nitrogens is 3. The van der Waals surface area contributed by atoms with Gasteiger partial charge in [0.25, 0.3) is 0 Å². The van der Waals surface area contributed by atoms with Crippen molar-refractivity contribution in [2.45, 2.75) is 47.3 Å². The van der Waals surface area contributed by atoms with Crippen molar-refractivity contribution >= 4 is 11.8 Å². The molecule has 0 atom stereocenters. The lowest BCUT2D eigenvalue weighted by molar-refractivity contribution is 0.335. The maximum absolute atomic E-state index is 4.97. The molecule has 208 valence electrons. The van der Waals surface area contributed by atoms with Gasteiger partial charge in [-0.15, -0.1) is 0 Å². The van der Waals surface area contributed by atoms with Gasteiger partial charge in [-0.3, -0.25) is 0 Å². The zero-order valence-corrected chi connectivity index (χ0v) is 24.7. The Kier molecular flexibility index (Phi) is 6.65. The second-order valence-corrected chi connectivity index (χ2v) is 12.7. The van der Waals surface area contributed by atoms with Crippen LogP contribution in [0.15, 0.2) is 137 Å². The number of fused-ring (bicyclic) bond motifs is 4. The molecule has 0 unspecified atom stereocenters. The first-order valence-electron chi connectivity index (χ1n) is 15.2. The van der Waals surface area contributed by atoms with Gasteiger partial charge in [0.15, 0.2) is 17.5 Å². The summed E-state index contributed by atoms with van der Waals surface area (Å²) in [7, 11) is 0. The Hall–Kier alpha value is -4.54. The van der Waals surface area contributed by atoms with Gasteiger partial charge in [-0.1, -0.05) is 134 Å². The number of nitrogens with zero attached hydrogens (tertiary/aromatic N) is 3. The molecule has 1 aromatic heterocycles. The minimum absolute atomic E-state index is 0.104. The Bertz CT molecular complexity index is 1870. The highest BCUT2D eigenvalue weighted by atomic mass is 32.2. The van der Waals surface area contributed by atoms with Crippen LogP contribution in [0.2, 0.25) is 0 Å². The van der Waals surface area contributed by atoms with Crippen LogP contribution in [0.5, 0.6) is 0 Å². The molecule has 1 fully saturated rings. The Morgan fingerprint density at radius 1 is 0.419 bits per heavy atom. The smallest absolute Gasteiger partial charge is 0.164 e. The van der Waals surface area contributed by atoms with Crippen LogP contribution in [-0.4, -0.2) is 15.0 Å². The Labute approximate surface area is 257 Å². The van der Waals surface area contributed by atoms with Gasteiger partial charge in [0.2, 0.25) is 0 Å². The van der Waals surface area contributed by atoms with Gasteiger partial charge in [0.1, 0.15) is 0 Å². The first-order chi connectivity index (χ1) is 21.3. The first-order valence-corrected chi connectivity index (χ1v) is 16.0. The van der Waals surface area contributed by atoms with Crippen molar-refractivity contribution in [3.63, 3.8) is 0 Å². The van der Waals surface area contributed by atoms with E-state index in [9.17, 15) is 0 Å². The van der Waals surface area contributed by atoms with Gasteiger partial charge in [0.05, 0.1) is 0 Å². The van der Waals surface area contributed by atoms with Crippen molar-refractivity contribution in [1.29, 1.82) is 0 Å². The topological polar surface area (TPSA) is 38.7 Å². The SMILES string of the molecule is c1ccc(-c2nc(-c3ccccc3)nc(-c3cccc(-c4ccc5c(c4)C4(CCCCC4)c4ccccc4S5)c3)n2)cc1. The van der Waals surface area contributed by atoms with Gasteiger partial charge in [-0.25, -0.2) is 15.0 Å². The normalized spacial score (nSPS) is 15.1. The third-order valence-corrected chi connectivity index (χ3v) is 10.1. The van der Waals surface area contributed by atoms with Crippen molar-refractivity contribution in [3.8, 4) is 45.3 Å². The van der Waals surface area contributed by atoms with E-state index in [1.165, 1.54) is 64.1 Å². The number of benzene rings is 5. The molecule has 0 radical (unpaired) electrons. The lowest BCUT2D eigenvalue weighted by Crippen LogP contribution is -2.33. The molecule has 1 aliphatic heterocycles. The number of hydrogen-bond acceptors (Lipinski definition) is 4. The fourth-order valence-corrected chi connectivity index (χ4v) is 8.11. The van der Waals surface area contributed by atoms with E-state index in [1.807, 2.05) is 48.2 Å². The molecule has 1 saturated carbocycles. The molecule has 0 bridgehead atoms. The lowest BCUT2D eigenvalue weighted by atomic mass is 9.64. The Balaban J connectivity index is 1.23. The maximum atomic E-state index is 4.97. The van der Waals surface area contributed by atoms with Crippen LogP contribution < -0.4 is 0 Å². The van der Waals surface area contributed by atoms with Crippen LogP contribution in [-0.2, 0) is 5.41 Å². The fourth-order valence-electron chi connectivity index (χ4n) is 6.86. The first kappa shape index (κ1) is 26.1. The van der Waals surface area contributed by atoms with Gasteiger partial charge < -0.3 is 0 Å². The summed E-state index contributed by atoms with van der Waals surface area (Å²) in [6.07, 6.45) is 6.33. The summed E-state index contributed by atoms with van der Waals surface area (Å²) in [5.74, 6) is 2.04. The van der Waals surface area contributed by atoms with Crippen LogP contribution in [0.4, 0.5) is 0 Å². The minimum Gasteiger partial charge on any atom is -0.208 e. The fraction of sp³-hybridized carbons (Fsp3) is 0.154. The van der Waals surface area contributed by atoms with Crippen LogP contribution in [0.3, 0.4) is 0 Å². The standard InChI is InChI=1S/C39H31N3S/c1-4-13-27(14-5-1)36-40-37(28-15-6-2-7-16-28)42-38(41-36)31-18-12-17-29(25-31)30-21-22-35-33(26-30)39(23-10-3-11-24-39)32-19-8-9-20-34(32)43-35/h1-2,4-9,12-22,25-26H,3,10-11,23-24H2. The van der Waals surface area contributed by atoms with Crippen molar-refractivity contribution in [2.24, 2.45) is 0 Å². The van der Waals surface area contributed by atoms with E-state index in [2.05, 4.69) is 91.0 Å². The Morgan fingerprint density at radius 3 is 1.65 bits per heavy atom. The second-order valence-electron chi connectivity index (χ2n) is 11.6. The lowest BCUT2D eigenvalue weighted by Gasteiger charge is -2.43. The Morgan fingerprint density at radius 2 is 0.953 bits per heavy atom. The molecule has 2 heterocycles. The van der Waals surface area contributed by atoms with Gasteiger partial charge in [-0.05, 0) is 59.4 Å². The van der Waals surface area contributed by atoms with Crippen molar-refractivity contribution in [2.75, 3.05) is 0 Å². The van der Waals surface area contributed by atoms with Crippen molar-refractivity contribution in [3.05, 3.63) is 139 Å². The van der Waals surface area contributed by atoms with Gasteiger partial charge in [-0.2, -0.15) is 0 Å². The highest BCUT2D eigenvalue weighted by Crippen LogP contribution is 2.55. The average molecular weight is 574 g/mol. The molecule has 0 saturated heterocycles. The number of hydrogen-bond donors (Lipinski definition) is 0. The highest BCUT2D eigenvalue weighted by Gasteiger charge is 2.41. The molecule has 2 aliphatic rings. The van der Waals surface area contributed by atoms with E-state index in [1.54, 1.807) is 0 Å². The van der Waals surface area contributed by atoms with Crippen molar-refractivity contribution < 1.29 is 0 Å². The van der Waals surface area contributed by atoms with E-state index in [4.69, 9.17) is 15.0 Å². The largest absolute Gasteiger partial charge is 0.208 e. The summed E-state index contributed by atoms with van der Waals surface area (Å²) in [5, 5.41) is 0. The summed E-state index contributed by atoms with van der Waals surface area (Å²) in [6, 6.07) is 45.2. The molecule has 43 heavy (non-hydrogen) atoms. The predicted octanol–water partition coefficient (Wildman–Crippen LogP) is 10.3. The molecule has 1 aliphatic carbocycles. The van der Waals surface area contributed by atoms with Crippen LogP contribution in [0, 0.1) is 0 Å². The molecule has 8 rings (SSSR count). The van der Waals surface area contributed by atoms with Crippen LogP contribution >= 0.6 is 11.8 Å². The molecular formula is C39H31N3S.